The maximum absolute atomic E-state index is 9.66. The zero-order valence-corrected chi connectivity index (χ0v) is 12.0. The highest BCUT2D eigenvalue weighted by molar-refractivity contribution is 6.19. The molecule has 0 aromatic carbocycles. The second-order valence-electron chi connectivity index (χ2n) is 3.82. The predicted octanol–water partition coefficient (Wildman–Crippen LogP) is -5.15. The molecular formula is C9H26Cl2N2O. The average Bonchev–Trinajstić information content (AvgIpc) is 1.84. The topological polar surface area (TPSA) is 31.9 Å². The van der Waals surface area contributed by atoms with Crippen LogP contribution in [0.1, 0.15) is 13.3 Å². The third-order valence-corrected chi connectivity index (χ3v) is 0.630. The van der Waals surface area contributed by atoms with Crippen LogP contribution in [0.4, 0.5) is 0 Å². The summed E-state index contributed by atoms with van der Waals surface area (Å²) in [5.41, 5.74) is -0.894. The molecule has 3 nitrogen and oxygen atoms in total. The molecule has 0 aliphatic heterocycles. The molecule has 0 spiro atoms. The Morgan fingerprint density at radius 1 is 1.00 bits per heavy atom. The van der Waals surface area contributed by atoms with Crippen molar-refractivity contribution in [3.8, 4) is 0 Å². The highest BCUT2D eigenvalue weighted by Gasteiger charge is 1.71. The summed E-state index contributed by atoms with van der Waals surface area (Å²) in [6.45, 7) is 1.75. The van der Waals surface area contributed by atoms with Crippen LogP contribution in [0.25, 0.3) is 0 Å². The van der Waals surface area contributed by atoms with Gasteiger partial charge in [-0.2, -0.15) is 0 Å². The lowest BCUT2D eigenvalue weighted by Gasteiger charge is -2.06. The molecule has 14 heavy (non-hydrogen) atoms. The van der Waals surface area contributed by atoms with E-state index in [0.29, 0.717) is 6.42 Å². The SMILES string of the molecule is CCC([O-])Cl.C[NH+](C)C.C[NH+](C)C.[Cl-]. The molecule has 0 bridgehead atoms. The normalized spacial score (nSPS) is 10.5. The minimum atomic E-state index is -0.894. The highest BCUT2D eigenvalue weighted by atomic mass is 35.5. The maximum Gasteiger partial charge on any atom is 0.0661 e. The van der Waals surface area contributed by atoms with E-state index in [1.165, 1.54) is 9.80 Å². The van der Waals surface area contributed by atoms with E-state index in [1.807, 2.05) is 0 Å². The average molecular weight is 249 g/mol. The molecule has 0 aliphatic carbocycles. The van der Waals surface area contributed by atoms with Gasteiger partial charge in [0.15, 0.2) is 0 Å². The van der Waals surface area contributed by atoms with Crippen molar-refractivity contribution in [2.75, 3.05) is 42.3 Å². The van der Waals surface area contributed by atoms with Crippen molar-refractivity contribution in [1.29, 1.82) is 0 Å². The quantitative estimate of drug-likeness (QED) is 0.448. The molecule has 2 N–H and O–H groups in total. The molecule has 0 aromatic heterocycles. The molecule has 0 fully saturated rings. The van der Waals surface area contributed by atoms with Crippen LogP contribution in [0, 0.1) is 0 Å². The lowest BCUT2D eigenvalue weighted by atomic mass is 10.5. The first kappa shape index (κ1) is 23.9. The zero-order chi connectivity index (χ0) is 11.4. The Hall–Kier alpha value is 0.460. The Balaban J connectivity index is -0.0000000522. The molecule has 0 amide bonds. The number of hydrogen-bond acceptors (Lipinski definition) is 1. The largest absolute Gasteiger partial charge is 1.00 e. The van der Waals surface area contributed by atoms with E-state index in [2.05, 4.69) is 42.3 Å². The molecule has 0 radical (unpaired) electrons. The van der Waals surface area contributed by atoms with Gasteiger partial charge in [0.2, 0.25) is 0 Å². The summed E-state index contributed by atoms with van der Waals surface area (Å²) in [4.78, 5) is 2.83. The summed E-state index contributed by atoms with van der Waals surface area (Å²) in [6.07, 6.45) is 0.515. The van der Waals surface area contributed by atoms with Crippen LogP contribution < -0.4 is 27.3 Å². The van der Waals surface area contributed by atoms with Gasteiger partial charge in [-0.1, -0.05) is 13.3 Å². The second-order valence-corrected chi connectivity index (χ2v) is 4.31. The summed E-state index contributed by atoms with van der Waals surface area (Å²) in [6, 6.07) is 0. The molecule has 0 heterocycles. The fraction of sp³-hybridized carbons (Fsp3) is 1.00. The van der Waals surface area contributed by atoms with Gasteiger partial charge >= 0.3 is 0 Å². The first-order valence-electron chi connectivity index (χ1n) is 4.57. The summed E-state index contributed by atoms with van der Waals surface area (Å²) < 4.78 is 0. The lowest BCUT2D eigenvalue weighted by Crippen LogP contribution is -3.02. The maximum atomic E-state index is 9.66. The number of alkyl halides is 1. The summed E-state index contributed by atoms with van der Waals surface area (Å²) in [5, 5.41) is 9.66. The molecule has 92 valence electrons. The smallest absolute Gasteiger partial charge is 0.0661 e. The van der Waals surface area contributed by atoms with E-state index >= 15 is 0 Å². The Kier molecular flexibility index (Phi) is 32.7. The minimum absolute atomic E-state index is 0. The Morgan fingerprint density at radius 3 is 1.07 bits per heavy atom. The van der Waals surface area contributed by atoms with Crippen LogP contribution in [0.3, 0.4) is 0 Å². The van der Waals surface area contributed by atoms with Gasteiger partial charge in [-0.25, -0.2) is 0 Å². The van der Waals surface area contributed by atoms with Crippen molar-refractivity contribution in [3.05, 3.63) is 0 Å². The van der Waals surface area contributed by atoms with Crippen LogP contribution in [-0.2, 0) is 0 Å². The van der Waals surface area contributed by atoms with E-state index in [1.54, 1.807) is 6.92 Å². The van der Waals surface area contributed by atoms with Gasteiger partial charge in [0, 0.05) is 0 Å². The van der Waals surface area contributed by atoms with Gasteiger partial charge in [-0.3, -0.25) is 0 Å². The van der Waals surface area contributed by atoms with Crippen molar-refractivity contribution in [2.45, 2.75) is 18.9 Å². The molecule has 0 saturated carbocycles. The van der Waals surface area contributed by atoms with Gasteiger partial charge < -0.3 is 27.3 Å². The van der Waals surface area contributed by atoms with Crippen LogP contribution in [0.5, 0.6) is 0 Å². The van der Waals surface area contributed by atoms with Crippen molar-refractivity contribution in [2.24, 2.45) is 0 Å². The van der Waals surface area contributed by atoms with Crippen molar-refractivity contribution in [3.63, 3.8) is 0 Å². The molecule has 5 heteroatoms. The minimum Gasteiger partial charge on any atom is -1.00 e. The van der Waals surface area contributed by atoms with Gasteiger partial charge in [0.1, 0.15) is 0 Å². The van der Waals surface area contributed by atoms with E-state index in [9.17, 15) is 5.11 Å². The first-order valence-corrected chi connectivity index (χ1v) is 5.01. The zero-order valence-electron chi connectivity index (χ0n) is 10.4. The van der Waals surface area contributed by atoms with E-state index in [-0.39, 0.29) is 12.4 Å². The molecule has 0 rings (SSSR count). The number of halogens is 2. The van der Waals surface area contributed by atoms with Gasteiger partial charge in [0.05, 0.1) is 42.3 Å². The van der Waals surface area contributed by atoms with Crippen LogP contribution in [0.15, 0.2) is 0 Å². The van der Waals surface area contributed by atoms with Gasteiger partial charge in [-0.05, 0) is 5.56 Å². The standard InChI is InChI=1S/C3H6ClO.2C3H9N.ClH/c1-2-3(4)5;2*1-4(2)3;/h3H,2H2,1H3;2*1-3H3;1H/q-1;;;/p+1. The van der Waals surface area contributed by atoms with E-state index in [4.69, 9.17) is 11.6 Å². The lowest BCUT2D eigenvalue weighted by molar-refractivity contribution is -0.836. The predicted molar refractivity (Wildman–Crippen MR) is 57.4 cm³/mol. The summed E-state index contributed by atoms with van der Waals surface area (Å²) >= 11 is 4.91. The Bertz CT molecular complexity index is 69.7. The number of quaternary nitrogens is 2. The van der Waals surface area contributed by atoms with Crippen molar-refractivity contribution < 1.29 is 27.3 Å². The summed E-state index contributed by atoms with van der Waals surface area (Å²) in [5.74, 6) is 0. The fourth-order valence-corrected chi connectivity index (χ4v) is 0. The molecular weight excluding hydrogens is 223 g/mol. The third-order valence-electron chi connectivity index (χ3n) is 0.321. The second kappa shape index (κ2) is 19.1. The number of rotatable bonds is 1. The van der Waals surface area contributed by atoms with Crippen LogP contribution in [0.2, 0.25) is 0 Å². The third kappa shape index (κ3) is 270. The molecule has 0 aliphatic rings. The van der Waals surface area contributed by atoms with Gasteiger partial charge in [0.25, 0.3) is 0 Å². The Labute approximate surface area is 100 Å². The molecule has 1 atom stereocenters. The first-order chi connectivity index (χ1) is 5.73. The molecule has 1 unspecified atom stereocenters. The van der Waals surface area contributed by atoms with E-state index < -0.39 is 5.56 Å². The van der Waals surface area contributed by atoms with Crippen LogP contribution in [-0.4, -0.2) is 47.8 Å². The van der Waals surface area contributed by atoms with Crippen molar-refractivity contribution >= 4 is 11.6 Å². The molecule has 0 aromatic rings. The van der Waals surface area contributed by atoms with Gasteiger partial charge in [-0.15, -0.1) is 11.6 Å². The number of hydrogen-bond donors (Lipinski definition) is 2. The number of nitrogens with one attached hydrogen (secondary N) is 2. The Morgan fingerprint density at radius 2 is 1.07 bits per heavy atom. The summed E-state index contributed by atoms with van der Waals surface area (Å²) in [7, 11) is 12.5. The highest BCUT2D eigenvalue weighted by Crippen LogP contribution is 1.86. The van der Waals surface area contributed by atoms with E-state index in [0.717, 1.165) is 0 Å². The molecule has 0 saturated heterocycles. The monoisotopic (exact) mass is 248 g/mol. The van der Waals surface area contributed by atoms with Crippen molar-refractivity contribution in [1.82, 2.24) is 0 Å². The fourth-order valence-electron chi connectivity index (χ4n) is 0. The van der Waals surface area contributed by atoms with Crippen LogP contribution >= 0.6 is 11.6 Å².